The van der Waals surface area contributed by atoms with Crippen LogP contribution in [0, 0.1) is 0 Å². The zero-order chi connectivity index (χ0) is 21.0. The summed E-state index contributed by atoms with van der Waals surface area (Å²) in [5, 5.41) is 2.70. The normalized spacial score (nSPS) is 10.9. The van der Waals surface area contributed by atoms with Crippen LogP contribution in [0.15, 0.2) is 83.8 Å². The minimum absolute atomic E-state index is 0.159. The summed E-state index contributed by atoms with van der Waals surface area (Å²) in [5.74, 6) is -0.970. The Morgan fingerprint density at radius 3 is 2.14 bits per heavy atom. The summed E-state index contributed by atoms with van der Waals surface area (Å²) in [6.07, 6.45) is 0. The monoisotopic (exact) mass is 409 g/mol. The van der Waals surface area contributed by atoms with Crippen LogP contribution < -0.4 is 15.4 Å². The molecule has 0 spiro atoms. The van der Waals surface area contributed by atoms with Crippen molar-refractivity contribution < 1.29 is 18.0 Å². The molecule has 0 aliphatic heterocycles. The number of nitrogens with two attached hydrogens (primary N) is 1. The fourth-order valence-corrected chi connectivity index (χ4v) is 3.86. The van der Waals surface area contributed by atoms with Crippen molar-refractivity contribution in [3.63, 3.8) is 0 Å². The van der Waals surface area contributed by atoms with Crippen molar-refractivity contribution in [1.82, 2.24) is 0 Å². The van der Waals surface area contributed by atoms with Crippen LogP contribution in [-0.4, -0.2) is 27.3 Å². The number of anilines is 2. The molecule has 0 aromatic heterocycles. The lowest BCUT2D eigenvalue weighted by atomic mass is 10.1. The molecule has 3 rings (SSSR count). The van der Waals surface area contributed by atoms with Gasteiger partial charge >= 0.3 is 0 Å². The second-order valence-corrected chi connectivity index (χ2v) is 8.20. The maximum atomic E-state index is 12.8. The van der Waals surface area contributed by atoms with E-state index < -0.39 is 21.8 Å². The molecule has 8 heteroatoms. The molecule has 0 unspecified atom stereocenters. The third kappa shape index (κ3) is 4.44. The standard InChI is InChI=1S/C21H19N3O4S/c1-24(29(27,28)19-8-3-2-4-9-19)18-7-5-6-16(14-18)21(26)23-17-12-10-15(11-13-17)20(22)25/h2-14H,1H3,(H2,22,25)(H,23,26). The SMILES string of the molecule is CN(c1cccc(C(=O)Nc2ccc(C(N)=O)cc2)c1)S(=O)(=O)c1ccccc1. The minimum atomic E-state index is -3.75. The van der Waals surface area contributed by atoms with Crippen LogP contribution in [0.2, 0.25) is 0 Å². The number of amides is 2. The molecule has 0 fully saturated rings. The van der Waals surface area contributed by atoms with E-state index in [1.807, 2.05) is 0 Å². The second-order valence-electron chi connectivity index (χ2n) is 6.23. The van der Waals surface area contributed by atoms with E-state index in [-0.39, 0.29) is 10.5 Å². The predicted molar refractivity (Wildman–Crippen MR) is 111 cm³/mol. The smallest absolute Gasteiger partial charge is 0.264 e. The highest BCUT2D eigenvalue weighted by Gasteiger charge is 2.21. The Bertz CT molecular complexity index is 1140. The maximum absolute atomic E-state index is 12.8. The van der Waals surface area contributed by atoms with Gasteiger partial charge in [-0.1, -0.05) is 24.3 Å². The van der Waals surface area contributed by atoms with Gasteiger partial charge in [-0.15, -0.1) is 0 Å². The van der Waals surface area contributed by atoms with Gasteiger partial charge in [0, 0.05) is 23.9 Å². The van der Waals surface area contributed by atoms with Gasteiger partial charge in [-0.25, -0.2) is 8.42 Å². The molecule has 0 saturated heterocycles. The van der Waals surface area contributed by atoms with E-state index in [1.165, 1.54) is 37.4 Å². The topological polar surface area (TPSA) is 110 Å². The van der Waals surface area contributed by atoms with E-state index >= 15 is 0 Å². The average Bonchev–Trinajstić information content (AvgIpc) is 2.74. The molecule has 0 atom stereocenters. The van der Waals surface area contributed by atoms with Gasteiger partial charge in [0.05, 0.1) is 10.6 Å². The van der Waals surface area contributed by atoms with E-state index in [0.29, 0.717) is 16.9 Å². The van der Waals surface area contributed by atoms with Crippen LogP contribution >= 0.6 is 0 Å². The largest absolute Gasteiger partial charge is 0.366 e. The average molecular weight is 409 g/mol. The molecule has 3 aromatic rings. The first-order chi connectivity index (χ1) is 13.8. The molecule has 0 bridgehead atoms. The quantitative estimate of drug-likeness (QED) is 0.652. The number of rotatable bonds is 6. The van der Waals surface area contributed by atoms with Crippen molar-refractivity contribution in [2.75, 3.05) is 16.7 Å². The molecule has 0 saturated carbocycles. The highest BCUT2D eigenvalue weighted by atomic mass is 32.2. The highest BCUT2D eigenvalue weighted by molar-refractivity contribution is 7.92. The molecule has 3 N–H and O–H groups in total. The van der Waals surface area contributed by atoms with Crippen molar-refractivity contribution in [3.05, 3.63) is 90.0 Å². The molecule has 29 heavy (non-hydrogen) atoms. The van der Waals surface area contributed by atoms with Crippen LogP contribution in [0.1, 0.15) is 20.7 Å². The van der Waals surface area contributed by atoms with E-state index in [4.69, 9.17) is 5.73 Å². The molecule has 7 nitrogen and oxygen atoms in total. The molecule has 0 heterocycles. The maximum Gasteiger partial charge on any atom is 0.264 e. The van der Waals surface area contributed by atoms with E-state index in [9.17, 15) is 18.0 Å². The zero-order valence-corrected chi connectivity index (χ0v) is 16.4. The molecule has 0 aliphatic carbocycles. The van der Waals surface area contributed by atoms with Crippen molar-refractivity contribution >= 4 is 33.2 Å². The zero-order valence-electron chi connectivity index (χ0n) is 15.6. The molecule has 148 valence electrons. The van der Waals surface area contributed by atoms with Crippen LogP contribution in [0.3, 0.4) is 0 Å². The summed E-state index contributed by atoms with van der Waals surface area (Å²) >= 11 is 0. The number of nitrogens with zero attached hydrogens (tertiary/aromatic N) is 1. The third-order valence-electron chi connectivity index (χ3n) is 4.30. The van der Waals surface area contributed by atoms with Gasteiger partial charge in [-0.2, -0.15) is 0 Å². The lowest BCUT2D eigenvalue weighted by Gasteiger charge is -2.20. The number of benzene rings is 3. The van der Waals surface area contributed by atoms with Crippen molar-refractivity contribution in [2.45, 2.75) is 4.90 Å². The fraction of sp³-hybridized carbons (Fsp3) is 0.0476. The number of nitrogens with one attached hydrogen (secondary N) is 1. The highest BCUT2D eigenvalue weighted by Crippen LogP contribution is 2.23. The van der Waals surface area contributed by atoms with E-state index in [2.05, 4.69) is 5.32 Å². The number of primary amides is 1. The summed E-state index contributed by atoms with van der Waals surface area (Å²) in [6, 6.07) is 20.5. The van der Waals surface area contributed by atoms with Gasteiger partial charge < -0.3 is 11.1 Å². The molecule has 0 aliphatic rings. The van der Waals surface area contributed by atoms with Crippen molar-refractivity contribution in [2.24, 2.45) is 5.73 Å². The summed E-state index contributed by atoms with van der Waals surface area (Å²) in [7, 11) is -2.32. The van der Waals surface area contributed by atoms with Gasteiger partial charge in [0.2, 0.25) is 5.91 Å². The number of hydrogen-bond acceptors (Lipinski definition) is 4. The molecular weight excluding hydrogens is 390 g/mol. The number of carbonyl (C=O) groups is 2. The Labute approximate surface area is 168 Å². The fourth-order valence-electron chi connectivity index (χ4n) is 2.65. The van der Waals surface area contributed by atoms with Crippen LogP contribution in [0.4, 0.5) is 11.4 Å². The summed E-state index contributed by atoms with van der Waals surface area (Å²) in [4.78, 5) is 23.8. The number of carbonyl (C=O) groups excluding carboxylic acids is 2. The lowest BCUT2D eigenvalue weighted by molar-refractivity contribution is 0.0998. The summed E-state index contributed by atoms with van der Waals surface area (Å²) in [5.41, 5.74) is 6.65. The first kappa shape index (κ1) is 20.1. The van der Waals surface area contributed by atoms with Crippen molar-refractivity contribution in [1.29, 1.82) is 0 Å². The number of hydrogen-bond donors (Lipinski definition) is 2. The molecular formula is C21H19N3O4S. The van der Waals surface area contributed by atoms with Crippen LogP contribution in [0.25, 0.3) is 0 Å². The van der Waals surface area contributed by atoms with Crippen LogP contribution in [0.5, 0.6) is 0 Å². The minimum Gasteiger partial charge on any atom is -0.366 e. The first-order valence-electron chi connectivity index (χ1n) is 8.64. The van der Waals surface area contributed by atoms with E-state index in [0.717, 1.165) is 4.31 Å². The molecule has 3 aromatic carbocycles. The van der Waals surface area contributed by atoms with Gasteiger partial charge in [0.1, 0.15) is 0 Å². The van der Waals surface area contributed by atoms with Crippen molar-refractivity contribution in [3.8, 4) is 0 Å². The van der Waals surface area contributed by atoms with Gasteiger partial charge in [-0.3, -0.25) is 13.9 Å². The Kier molecular flexibility index (Phi) is 5.65. The summed E-state index contributed by atoms with van der Waals surface area (Å²) in [6.45, 7) is 0. The predicted octanol–water partition coefficient (Wildman–Crippen LogP) is 2.86. The Balaban J connectivity index is 1.81. The Morgan fingerprint density at radius 1 is 0.862 bits per heavy atom. The van der Waals surface area contributed by atoms with Gasteiger partial charge in [0.25, 0.3) is 15.9 Å². The molecule has 2 amide bonds. The second kappa shape index (κ2) is 8.15. The summed E-state index contributed by atoms with van der Waals surface area (Å²) < 4.78 is 26.7. The van der Waals surface area contributed by atoms with E-state index in [1.54, 1.807) is 48.5 Å². The van der Waals surface area contributed by atoms with Gasteiger partial charge in [0.15, 0.2) is 0 Å². The molecule has 0 radical (unpaired) electrons. The van der Waals surface area contributed by atoms with Gasteiger partial charge in [-0.05, 0) is 54.6 Å². The first-order valence-corrected chi connectivity index (χ1v) is 10.1. The third-order valence-corrected chi connectivity index (χ3v) is 6.10. The number of sulfonamides is 1. The Morgan fingerprint density at radius 2 is 1.52 bits per heavy atom. The Hall–Kier alpha value is -3.65. The van der Waals surface area contributed by atoms with Crippen LogP contribution in [-0.2, 0) is 10.0 Å². The lowest BCUT2D eigenvalue weighted by Crippen LogP contribution is -2.26.